The van der Waals surface area contributed by atoms with Crippen molar-refractivity contribution in [2.24, 2.45) is 17.6 Å². The Balaban J connectivity index is 2.22. The number of hydrogen-bond acceptors (Lipinski definition) is 3. The van der Waals surface area contributed by atoms with Gasteiger partial charge in [0.15, 0.2) is 6.29 Å². The molecule has 0 heterocycles. The highest BCUT2D eigenvalue weighted by Crippen LogP contribution is 2.41. The summed E-state index contributed by atoms with van der Waals surface area (Å²) in [5.41, 5.74) is 5.46. The van der Waals surface area contributed by atoms with Crippen LogP contribution in [0, 0.1) is 11.8 Å². The standard InChI is InChI=1S/C7H15NO2/c1-9-7(10-2)6-3-5(6)4-8/h5-7H,3-4,8H2,1-2H3. The lowest BCUT2D eigenvalue weighted by molar-refractivity contribution is -0.118. The lowest BCUT2D eigenvalue weighted by Crippen LogP contribution is -2.18. The SMILES string of the molecule is COC(OC)C1CC1CN. The van der Waals surface area contributed by atoms with Crippen LogP contribution in [0.4, 0.5) is 0 Å². The Morgan fingerprint density at radius 2 is 2.10 bits per heavy atom. The van der Waals surface area contributed by atoms with Gasteiger partial charge < -0.3 is 15.2 Å². The molecule has 0 aromatic rings. The molecule has 3 heteroatoms. The lowest BCUT2D eigenvalue weighted by atomic mass is 10.3. The molecule has 1 aliphatic carbocycles. The van der Waals surface area contributed by atoms with E-state index in [0.29, 0.717) is 11.8 Å². The molecule has 0 aromatic carbocycles. The van der Waals surface area contributed by atoms with Crippen molar-refractivity contribution in [3.63, 3.8) is 0 Å². The van der Waals surface area contributed by atoms with Gasteiger partial charge in [0.1, 0.15) is 0 Å². The average Bonchev–Trinajstić information content (AvgIpc) is 2.70. The van der Waals surface area contributed by atoms with Crippen molar-refractivity contribution in [2.45, 2.75) is 12.7 Å². The molecule has 0 aromatic heterocycles. The van der Waals surface area contributed by atoms with Crippen LogP contribution in [0.25, 0.3) is 0 Å². The van der Waals surface area contributed by atoms with Crippen LogP contribution in [-0.2, 0) is 9.47 Å². The third kappa shape index (κ3) is 1.48. The predicted octanol–water partition coefficient (Wildman–Crippen LogP) is 0.200. The lowest BCUT2D eigenvalue weighted by Gasteiger charge is -2.11. The first-order chi connectivity index (χ1) is 4.83. The Morgan fingerprint density at radius 1 is 1.50 bits per heavy atom. The van der Waals surface area contributed by atoms with Crippen LogP contribution >= 0.6 is 0 Å². The van der Waals surface area contributed by atoms with Crippen LogP contribution < -0.4 is 5.73 Å². The summed E-state index contributed by atoms with van der Waals surface area (Å²) in [5.74, 6) is 1.17. The zero-order chi connectivity index (χ0) is 7.56. The average molecular weight is 145 g/mol. The van der Waals surface area contributed by atoms with E-state index < -0.39 is 0 Å². The highest BCUT2D eigenvalue weighted by molar-refractivity contribution is 4.89. The third-order valence-corrected chi connectivity index (χ3v) is 2.09. The smallest absolute Gasteiger partial charge is 0.159 e. The molecule has 0 spiro atoms. The van der Waals surface area contributed by atoms with Crippen LogP contribution in [-0.4, -0.2) is 27.1 Å². The fourth-order valence-corrected chi connectivity index (χ4v) is 1.32. The summed E-state index contributed by atoms with van der Waals surface area (Å²) in [6.45, 7) is 0.758. The Labute approximate surface area is 61.5 Å². The molecular formula is C7H15NO2. The van der Waals surface area contributed by atoms with Gasteiger partial charge in [-0.05, 0) is 18.9 Å². The van der Waals surface area contributed by atoms with E-state index in [2.05, 4.69) is 0 Å². The summed E-state index contributed by atoms with van der Waals surface area (Å²) in [6.07, 6.45) is 1.12. The molecule has 60 valence electrons. The quantitative estimate of drug-likeness (QED) is 0.575. The van der Waals surface area contributed by atoms with Crippen LogP contribution in [0.5, 0.6) is 0 Å². The van der Waals surface area contributed by atoms with Crippen molar-refractivity contribution in [3.05, 3.63) is 0 Å². The maximum Gasteiger partial charge on any atom is 0.159 e. The van der Waals surface area contributed by atoms with Crippen LogP contribution in [0.15, 0.2) is 0 Å². The molecule has 10 heavy (non-hydrogen) atoms. The topological polar surface area (TPSA) is 44.5 Å². The molecule has 1 rings (SSSR count). The van der Waals surface area contributed by atoms with Gasteiger partial charge in [-0.2, -0.15) is 0 Å². The number of ether oxygens (including phenoxy) is 2. The minimum atomic E-state index is -0.0338. The van der Waals surface area contributed by atoms with E-state index >= 15 is 0 Å². The van der Waals surface area contributed by atoms with Gasteiger partial charge in [-0.15, -0.1) is 0 Å². The number of hydrogen-bond donors (Lipinski definition) is 1. The normalized spacial score (nSPS) is 31.2. The van der Waals surface area contributed by atoms with E-state index in [1.807, 2.05) is 0 Å². The molecule has 0 bridgehead atoms. The van der Waals surface area contributed by atoms with Gasteiger partial charge in [0.05, 0.1) is 0 Å². The summed E-state index contributed by atoms with van der Waals surface area (Å²) >= 11 is 0. The van der Waals surface area contributed by atoms with E-state index in [0.717, 1.165) is 13.0 Å². The van der Waals surface area contributed by atoms with E-state index in [1.54, 1.807) is 14.2 Å². The second kappa shape index (κ2) is 3.32. The fraction of sp³-hybridized carbons (Fsp3) is 1.00. The highest BCUT2D eigenvalue weighted by atomic mass is 16.7. The second-order valence-corrected chi connectivity index (χ2v) is 2.74. The maximum absolute atomic E-state index is 5.46. The molecular weight excluding hydrogens is 130 g/mol. The summed E-state index contributed by atoms with van der Waals surface area (Å²) in [5, 5.41) is 0. The zero-order valence-electron chi connectivity index (χ0n) is 6.54. The van der Waals surface area contributed by atoms with Crippen molar-refractivity contribution >= 4 is 0 Å². The van der Waals surface area contributed by atoms with Crippen molar-refractivity contribution in [3.8, 4) is 0 Å². The maximum atomic E-state index is 5.46. The molecule has 1 saturated carbocycles. The third-order valence-electron chi connectivity index (χ3n) is 2.09. The van der Waals surface area contributed by atoms with E-state index in [9.17, 15) is 0 Å². The largest absolute Gasteiger partial charge is 0.356 e. The molecule has 3 nitrogen and oxygen atoms in total. The van der Waals surface area contributed by atoms with Gasteiger partial charge in [0.2, 0.25) is 0 Å². The fourth-order valence-electron chi connectivity index (χ4n) is 1.32. The zero-order valence-corrected chi connectivity index (χ0v) is 6.54. The summed E-state index contributed by atoms with van der Waals surface area (Å²) < 4.78 is 10.2. The Kier molecular flexibility index (Phi) is 2.65. The van der Waals surface area contributed by atoms with Crippen LogP contribution in [0.3, 0.4) is 0 Å². The number of rotatable bonds is 4. The first-order valence-corrected chi connectivity index (χ1v) is 3.59. The molecule has 0 saturated heterocycles. The highest BCUT2D eigenvalue weighted by Gasteiger charge is 2.42. The number of nitrogens with two attached hydrogens (primary N) is 1. The van der Waals surface area contributed by atoms with E-state index in [1.165, 1.54) is 0 Å². The second-order valence-electron chi connectivity index (χ2n) is 2.74. The first kappa shape index (κ1) is 7.98. The van der Waals surface area contributed by atoms with Crippen molar-refractivity contribution in [1.82, 2.24) is 0 Å². The van der Waals surface area contributed by atoms with Crippen molar-refractivity contribution < 1.29 is 9.47 Å². The summed E-state index contributed by atoms with van der Waals surface area (Å²) in [4.78, 5) is 0. The van der Waals surface area contributed by atoms with Gasteiger partial charge >= 0.3 is 0 Å². The van der Waals surface area contributed by atoms with Gasteiger partial charge in [-0.3, -0.25) is 0 Å². The van der Waals surface area contributed by atoms with E-state index in [-0.39, 0.29) is 6.29 Å². The monoisotopic (exact) mass is 145 g/mol. The molecule has 1 aliphatic rings. The molecule has 0 amide bonds. The predicted molar refractivity (Wildman–Crippen MR) is 38.5 cm³/mol. The Bertz CT molecular complexity index is 104. The van der Waals surface area contributed by atoms with Crippen LogP contribution in [0.2, 0.25) is 0 Å². The number of methoxy groups -OCH3 is 2. The Hall–Kier alpha value is -0.120. The molecule has 2 N–H and O–H groups in total. The first-order valence-electron chi connectivity index (χ1n) is 3.59. The molecule has 1 fully saturated rings. The molecule has 2 unspecified atom stereocenters. The Morgan fingerprint density at radius 3 is 2.40 bits per heavy atom. The van der Waals surface area contributed by atoms with Gasteiger partial charge in [-0.1, -0.05) is 0 Å². The van der Waals surface area contributed by atoms with Crippen molar-refractivity contribution in [2.75, 3.05) is 20.8 Å². The van der Waals surface area contributed by atoms with Gasteiger partial charge in [-0.25, -0.2) is 0 Å². The van der Waals surface area contributed by atoms with Crippen molar-refractivity contribution in [1.29, 1.82) is 0 Å². The molecule has 0 aliphatic heterocycles. The summed E-state index contributed by atoms with van der Waals surface area (Å²) in [6, 6.07) is 0. The van der Waals surface area contributed by atoms with Crippen LogP contribution in [0.1, 0.15) is 6.42 Å². The minimum Gasteiger partial charge on any atom is -0.356 e. The summed E-state index contributed by atoms with van der Waals surface area (Å²) in [7, 11) is 3.33. The molecule has 2 atom stereocenters. The minimum absolute atomic E-state index is 0.0338. The molecule has 0 radical (unpaired) electrons. The van der Waals surface area contributed by atoms with Gasteiger partial charge in [0, 0.05) is 20.1 Å². The van der Waals surface area contributed by atoms with Gasteiger partial charge in [0.25, 0.3) is 0 Å². The van der Waals surface area contributed by atoms with E-state index in [4.69, 9.17) is 15.2 Å².